The van der Waals surface area contributed by atoms with Crippen LogP contribution in [0, 0.1) is 0 Å². The molecule has 5 rings (SSSR count). The van der Waals surface area contributed by atoms with Crippen molar-refractivity contribution in [1.82, 2.24) is 25.8 Å². The molecule has 14 nitrogen and oxygen atoms in total. The molecule has 0 spiro atoms. The van der Waals surface area contributed by atoms with Crippen molar-refractivity contribution in [1.29, 1.82) is 0 Å². The number of cyclic esters (lactones) is 1. The predicted molar refractivity (Wildman–Crippen MR) is 136 cm³/mol. The Balaban J connectivity index is 1.32. The highest BCUT2D eigenvalue weighted by atomic mass is 32.2. The van der Waals surface area contributed by atoms with E-state index in [1.807, 2.05) is 0 Å². The zero-order chi connectivity index (χ0) is 27.7. The van der Waals surface area contributed by atoms with Crippen LogP contribution in [0.2, 0.25) is 0 Å². The number of thioether (sulfide) groups is 1. The molecule has 2 fully saturated rings. The molecule has 5 N–H and O–H groups in total. The fourth-order valence-electron chi connectivity index (χ4n) is 4.58. The number of carboxylic acids is 1. The maximum atomic E-state index is 13.5. The van der Waals surface area contributed by atoms with Crippen molar-refractivity contribution in [3.05, 3.63) is 59.5 Å². The monoisotopic (exact) mass is 556 g/mol. The van der Waals surface area contributed by atoms with Crippen LogP contribution in [-0.2, 0) is 23.9 Å². The molecule has 15 heteroatoms. The summed E-state index contributed by atoms with van der Waals surface area (Å²) < 4.78 is 4.73. The highest BCUT2D eigenvalue weighted by Crippen LogP contribution is 2.40. The molecule has 4 aliphatic heterocycles. The zero-order valence-electron chi connectivity index (χ0n) is 20.3. The number of fused-ring (bicyclic) bond motifs is 1. The third kappa shape index (κ3) is 4.98. The Labute approximate surface area is 225 Å². The molecular formula is C24H24N6O8S. The SMILES string of the molecule is O=C(O)C1=C(CO)CS[C@@H]2C(NC(=O)[C@H](NC(=O)N3CCNC3N=C3C=COC3=O)c3ccccc3)C(=O)N12. The van der Waals surface area contributed by atoms with Crippen LogP contribution in [0.25, 0.3) is 0 Å². The summed E-state index contributed by atoms with van der Waals surface area (Å²) in [5, 5.41) is 26.7. The standard InChI is InChI=1S/C24H24N6O8S/c31-10-13-11-39-20-16(19(33)30(20)17(13)21(34)35)27-18(32)15(12-4-2-1-3-5-12)28-24(37)29-8-7-25-23(29)26-14-6-9-38-22(14)36/h1-6,9,15-16,20,23,25,31H,7-8,10-11H2,(H,27,32)(H,28,37)(H,34,35)/t15-,16?,20-,23?/m1/s1. The molecule has 0 aliphatic carbocycles. The summed E-state index contributed by atoms with van der Waals surface area (Å²) in [7, 11) is 0. The third-order valence-electron chi connectivity index (χ3n) is 6.51. The minimum atomic E-state index is -1.34. The van der Waals surface area contributed by atoms with E-state index in [2.05, 4.69) is 20.9 Å². The number of aliphatic imine (C=N–C) groups is 1. The van der Waals surface area contributed by atoms with Crippen LogP contribution < -0.4 is 16.0 Å². The van der Waals surface area contributed by atoms with E-state index in [1.165, 1.54) is 29.0 Å². The number of β-lactam (4-membered cyclic amide) rings is 1. The number of nitrogens with one attached hydrogen (secondary N) is 3. The van der Waals surface area contributed by atoms with E-state index in [0.29, 0.717) is 12.1 Å². The second-order valence-corrected chi connectivity index (χ2v) is 9.95. The van der Waals surface area contributed by atoms with Gasteiger partial charge in [-0.15, -0.1) is 11.8 Å². The molecule has 2 saturated heterocycles. The molecule has 4 amide bonds. The lowest BCUT2D eigenvalue weighted by Crippen LogP contribution is -2.71. The van der Waals surface area contributed by atoms with E-state index in [0.717, 1.165) is 4.90 Å². The number of aliphatic carboxylic acids is 1. The number of hydrogen-bond acceptors (Lipinski definition) is 10. The van der Waals surface area contributed by atoms with Gasteiger partial charge in [0.1, 0.15) is 28.9 Å². The smallest absolute Gasteiger partial charge is 0.361 e. The average Bonchev–Trinajstić information content (AvgIpc) is 3.58. The zero-order valence-corrected chi connectivity index (χ0v) is 21.1. The van der Waals surface area contributed by atoms with Gasteiger partial charge in [-0.05, 0) is 11.1 Å². The Morgan fingerprint density at radius 3 is 2.67 bits per heavy atom. The van der Waals surface area contributed by atoms with Gasteiger partial charge in [0.05, 0.1) is 12.9 Å². The topological polar surface area (TPSA) is 190 Å². The van der Waals surface area contributed by atoms with Crippen molar-refractivity contribution < 1.29 is 38.9 Å². The number of benzene rings is 1. The Hall–Kier alpha value is -4.21. The van der Waals surface area contributed by atoms with E-state index in [9.17, 15) is 34.2 Å². The van der Waals surface area contributed by atoms with Gasteiger partial charge < -0.3 is 25.6 Å². The number of carboxylic acid groups (broad SMARTS) is 1. The quantitative estimate of drug-likeness (QED) is 0.203. The Kier molecular flexibility index (Phi) is 7.36. The third-order valence-corrected chi connectivity index (χ3v) is 7.85. The lowest BCUT2D eigenvalue weighted by molar-refractivity contribution is -0.151. The van der Waals surface area contributed by atoms with E-state index in [-0.39, 0.29) is 29.3 Å². The Bertz CT molecular complexity index is 1310. The molecule has 0 radical (unpaired) electrons. The number of ether oxygens (including phenoxy) is 1. The second kappa shape index (κ2) is 10.9. The van der Waals surface area contributed by atoms with Crippen LogP contribution in [0.15, 0.2) is 58.9 Å². The average molecular weight is 557 g/mol. The molecule has 4 heterocycles. The van der Waals surface area contributed by atoms with Gasteiger partial charge in [-0.25, -0.2) is 19.4 Å². The molecule has 1 aromatic rings. The van der Waals surface area contributed by atoms with E-state index >= 15 is 0 Å². The number of hydrogen-bond donors (Lipinski definition) is 5. The normalized spacial score (nSPS) is 25.8. The first-order valence-electron chi connectivity index (χ1n) is 11.9. The lowest BCUT2D eigenvalue weighted by atomic mass is 10.0. The fraction of sp³-hybridized carbons (Fsp3) is 0.333. The summed E-state index contributed by atoms with van der Waals surface area (Å²) in [6.45, 7) is 0.150. The summed E-state index contributed by atoms with van der Waals surface area (Å²) in [4.78, 5) is 69.7. The molecule has 0 saturated carbocycles. The first kappa shape index (κ1) is 26.4. The summed E-state index contributed by atoms with van der Waals surface area (Å²) in [6, 6.07) is 5.58. The number of amides is 4. The number of nitrogens with zero attached hydrogens (tertiary/aromatic N) is 3. The number of carbonyl (C=O) groups is 5. The summed E-state index contributed by atoms with van der Waals surface area (Å²) in [5.74, 6) is -3.09. The molecule has 0 bridgehead atoms. The predicted octanol–water partition coefficient (Wildman–Crippen LogP) is -1.13. The number of carbonyl (C=O) groups excluding carboxylic acids is 4. The van der Waals surface area contributed by atoms with Gasteiger partial charge in [-0.1, -0.05) is 30.3 Å². The number of rotatable bonds is 7. The van der Waals surface area contributed by atoms with Crippen molar-refractivity contribution in [3.63, 3.8) is 0 Å². The van der Waals surface area contributed by atoms with Crippen molar-refractivity contribution in [2.45, 2.75) is 23.7 Å². The summed E-state index contributed by atoms with van der Waals surface area (Å²) in [5.41, 5.74) is 0.436. The van der Waals surface area contributed by atoms with E-state index < -0.39 is 60.1 Å². The molecule has 0 aromatic heterocycles. The molecule has 1 aromatic carbocycles. The van der Waals surface area contributed by atoms with Gasteiger partial charge in [-0.2, -0.15) is 0 Å². The summed E-state index contributed by atoms with van der Waals surface area (Å²) in [6.07, 6.45) is 1.72. The fourth-order valence-corrected chi connectivity index (χ4v) is 5.92. The lowest BCUT2D eigenvalue weighted by Gasteiger charge is -2.49. The van der Waals surface area contributed by atoms with Gasteiger partial charge in [-0.3, -0.25) is 24.7 Å². The molecule has 4 aliphatic rings. The van der Waals surface area contributed by atoms with Crippen molar-refractivity contribution >= 4 is 47.3 Å². The molecular weight excluding hydrogens is 532 g/mol. The van der Waals surface area contributed by atoms with E-state index in [1.54, 1.807) is 30.3 Å². The van der Waals surface area contributed by atoms with Gasteiger partial charge in [0, 0.05) is 24.9 Å². The number of esters is 1. The van der Waals surface area contributed by atoms with Crippen molar-refractivity contribution in [2.24, 2.45) is 4.99 Å². The van der Waals surface area contributed by atoms with Crippen molar-refractivity contribution in [2.75, 3.05) is 25.4 Å². The van der Waals surface area contributed by atoms with Crippen LogP contribution in [0.1, 0.15) is 11.6 Å². The Morgan fingerprint density at radius 1 is 1.23 bits per heavy atom. The first-order chi connectivity index (χ1) is 18.8. The highest BCUT2D eigenvalue weighted by molar-refractivity contribution is 8.00. The number of aliphatic hydroxyl groups excluding tert-OH is 1. The number of urea groups is 1. The Morgan fingerprint density at radius 2 is 2.00 bits per heavy atom. The van der Waals surface area contributed by atoms with Crippen LogP contribution >= 0.6 is 11.8 Å². The number of aliphatic hydroxyl groups is 1. The van der Waals surface area contributed by atoms with Gasteiger partial charge in [0.2, 0.25) is 5.91 Å². The summed E-state index contributed by atoms with van der Waals surface area (Å²) >= 11 is 1.23. The first-order valence-corrected chi connectivity index (χ1v) is 13.0. The van der Waals surface area contributed by atoms with Crippen LogP contribution in [0.5, 0.6) is 0 Å². The van der Waals surface area contributed by atoms with Crippen molar-refractivity contribution in [3.8, 4) is 0 Å². The van der Waals surface area contributed by atoms with Crippen LogP contribution in [0.3, 0.4) is 0 Å². The molecule has 204 valence electrons. The van der Waals surface area contributed by atoms with Gasteiger partial charge in [0.15, 0.2) is 6.29 Å². The van der Waals surface area contributed by atoms with Gasteiger partial charge >= 0.3 is 18.0 Å². The second-order valence-electron chi connectivity index (χ2n) is 8.85. The minimum absolute atomic E-state index is 0.0433. The highest BCUT2D eigenvalue weighted by Gasteiger charge is 2.54. The molecule has 4 atom stereocenters. The van der Waals surface area contributed by atoms with E-state index in [4.69, 9.17) is 4.74 Å². The molecule has 39 heavy (non-hydrogen) atoms. The van der Waals surface area contributed by atoms with Crippen LogP contribution in [-0.4, -0.2) is 98.7 Å². The van der Waals surface area contributed by atoms with Crippen LogP contribution in [0.4, 0.5) is 4.79 Å². The largest absolute Gasteiger partial charge is 0.477 e. The maximum Gasteiger partial charge on any atom is 0.361 e. The minimum Gasteiger partial charge on any atom is -0.477 e. The maximum absolute atomic E-state index is 13.5. The molecule has 2 unspecified atom stereocenters. The van der Waals surface area contributed by atoms with Gasteiger partial charge in [0.25, 0.3) is 5.91 Å².